The van der Waals surface area contributed by atoms with Gasteiger partial charge in [0, 0.05) is 6.07 Å². The number of ether oxygens (including phenoxy) is 4. The Morgan fingerprint density at radius 3 is 2.39 bits per heavy atom. The Labute approximate surface area is 179 Å². The van der Waals surface area contributed by atoms with Crippen LogP contribution in [0.15, 0.2) is 66.4 Å². The molecular weight excluding hydrogens is 396 g/mol. The van der Waals surface area contributed by atoms with Gasteiger partial charge in [-0.05, 0) is 54.5 Å². The Morgan fingerprint density at radius 1 is 0.935 bits per heavy atom. The van der Waals surface area contributed by atoms with Crippen LogP contribution in [-0.4, -0.2) is 26.0 Å². The maximum absolute atomic E-state index is 12.8. The van der Waals surface area contributed by atoms with Crippen LogP contribution in [-0.2, 0) is 0 Å². The quantitative estimate of drug-likeness (QED) is 0.336. The second-order valence-corrected chi connectivity index (χ2v) is 6.92. The number of Topliss-reactive ketones (excluding diaryl/α,β-unsaturated/α-hetero) is 1. The summed E-state index contributed by atoms with van der Waals surface area (Å²) in [6.07, 6.45) is 1.67. The number of esters is 1. The first-order valence-corrected chi connectivity index (χ1v) is 9.58. The molecule has 0 spiro atoms. The zero-order valence-corrected chi connectivity index (χ0v) is 17.3. The van der Waals surface area contributed by atoms with Crippen molar-refractivity contribution in [2.45, 2.75) is 6.92 Å². The lowest BCUT2D eigenvalue weighted by Gasteiger charge is -2.10. The van der Waals surface area contributed by atoms with E-state index in [-0.39, 0.29) is 17.3 Å². The van der Waals surface area contributed by atoms with Gasteiger partial charge in [-0.1, -0.05) is 24.3 Å². The van der Waals surface area contributed by atoms with E-state index in [4.69, 9.17) is 18.9 Å². The number of hydrogen-bond donors (Lipinski definition) is 0. The molecule has 1 heterocycles. The maximum atomic E-state index is 12.8. The third-order valence-corrected chi connectivity index (χ3v) is 4.89. The van der Waals surface area contributed by atoms with Crippen molar-refractivity contribution in [1.82, 2.24) is 0 Å². The second kappa shape index (κ2) is 8.36. The fraction of sp³-hybridized carbons (Fsp3) is 0.120. The van der Waals surface area contributed by atoms with Crippen molar-refractivity contribution in [3.63, 3.8) is 0 Å². The number of carbonyl (C=O) groups excluding carboxylic acids is 2. The Morgan fingerprint density at radius 2 is 1.68 bits per heavy atom. The Balaban J connectivity index is 1.59. The molecule has 0 amide bonds. The minimum absolute atomic E-state index is 0.205. The molecule has 6 nitrogen and oxygen atoms in total. The molecule has 0 fully saturated rings. The van der Waals surface area contributed by atoms with Gasteiger partial charge in [-0.25, -0.2) is 4.79 Å². The minimum atomic E-state index is -0.560. The van der Waals surface area contributed by atoms with Gasteiger partial charge in [-0.3, -0.25) is 4.79 Å². The van der Waals surface area contributed by atoms with Crippen molar-refractivity contribution in [3.05, 3.63) is 88.7 Å². The van der Waals surface area contributed by atoms with Crippen molar-refractivity contribution >= 4 is 17.8 Å². The number of carbonyl (C=O) groups is 2. The van der Waals surface area contributed by atoms with E-state index in [1.807, 2.05) is 12.1 Å². The zero-order valence-electron chi connectivity index (χ0n) is 17.3. The molecule has 0 aromatic heterocycles. The number of fused-ring (bicyclic) bond motifs is 1. The molecule has 3 aromatic carbocycles. The fourth-order valence-corrected chi connectivity index (χ4v) is 3.36. The van der Waals surface area contributed by atoms with E-state index in [1.54, 1.807) is 68.6 Å². The lowest BCUT2D eigenvalue weighted by Crippen LogP contribution is -2.10. The molecule has 1 aliphatic rings. The summed E-state index contributed by atoms with van der Waals surface area (Å²) in [6.45, 7) is 1.77. The first kappa shape index (κ1) is 20.2. The van der Waals surface area contributed by atoms with E-state index >= 15 is 0 Å². The highest BCUT2D eigenvalue weighted by Gasteiger charge is 2.30. The molecule has 0 bridgehead atoms. The molecule has 0 saturated heterocycles. The van der Waals surface area contributed by atoms with E-state index < -0.39 is 5.97 Å². The highest BCUT2D eigenvalue weighted by Crippen LogP contribution is 2.38. The summed E-state index contributed by atoms with van der Waals surface area (Å²) < 4.78 is 21.7. The molecule has 31 heavy (non-hydrogen) atoms. The van der Waals surface area contributed by atoms with Gasteiger partial charge in [0.05, 0.1) is 19.8 Å². The molecule has 0 radical (unpaired) electrons. The summed E-state index contributed by atoms with van der Waals surface area (Å²) in [7, 11) is 3.08. The van der Waals surface area contributed by atoms with E-state index in [2.05, 4.69) is 0 Å². The van der Waals surface area contributed by atoms with Gasteiger partial charge in [0.2, 0.25) is 5.78 Å². The normalized spacial score (nSPS) is 13.5. The van der Waals surface area contributed by atoms with Gasteiger partial charge in [-0.15, -0.1) is 0 Å². The van der Waals surface area contributed by atoms with Gasteiger partial charge in [0.15, 0.2) is 5.76 Å². The van der Waals surface area contributed by atoms with Crippen molar-refractivity contribution < 1.29 is 28.5 Å². The summed E-state index contributed by atoms with van der Waals surface area (Å²) >= 11 is 0. The van der Waals surface area contributed by atoms with Crippen LogP contribution < -0.4 is 18.9 Å². The van der Waals surface area contributed by atoms with E-state index in [1.165, 1.54) is 7.11 Å². The van der Waals surface area contributed by atoms with Crippen LogP contribution in [0.5, 0.6) is 23.0 Å². The van der Waals surface area contributed by atoms with Crippen molar-refractivity contribution in [2.24, 2.45) is 0 Å². The van der Waals surface area contributed by atoms with Crippen LogP contribution in [0, 0.1) is 6.92 Å². The van der Waals surface area contributed by atoms with Crippen LogP contribution in [0.1, 0.15) is 31.8 Å². The van der Waals surface area contributed by atoms with Crippen LogP contribution in [0.25, 0.3) is 6.08 Å². The molecule has 1 aliphatic heterocycles. The van der Waals surface area contributed by atoms with Crippen LogP contribution in [0.4, 0.5) is 0 Å². The predicted octanol–water partition coefficient (Wildman–Crippen LogP) is 4.85. The number of methoxy groups -OCH3 is 2. The molecule has 0 aliphatic carbocycles. The van der Waals surface area contributed by atoms with E-state index in [0.717, 1.165) is 11.3 Å². The summed E-state index contributed by atoms with van der Waals surface area (Å²) in [6, 6.07) is 17.3. The molecule has 6 heteroatoms. The predicted molar refractivity (Wildman–Crippen MR) is 115 cm³/mol. The van der Waals surface area contributed by atoms with Crippen LogP contribution in [0.2, 0.25) is 0 Å². The topological polar surface area (TPSA) is 71.1 Å². The van der Waals surface area contributed by atoms with Crippen molar-refractivity contribution in [2.75, 3.05) is 14.2 Å². The summed E-state index contributed by atoms with van der Waals surface area (Å²) in [5.41, 5.74) is 2.22. The summed E-state index contributed by atoms with van der Waals surface area (Å²) in [4.78, 5) is 25.4. The van der Waals surface area contributed by atoms with Crippen LogP contribution in [0.3, 0.4) is 0 Å². The Kier molecular flexibility index (Phi) is 5.45. The Hall–Kier alpha value is -4.06. The largest absolute Gasteiger partial charge is 0.497 e. The first-order valence-electron chi connectivity index (χ1n) is 9.58. The fourth-order valence-electron chi connectivity index (χ4n) is 3.36. The van der Waals surface area contributed by atoms with E-state index in [9.17, 15) is 9.59 Å². The van der Waals surface area contributed by atoms with Gasteiger partial charge >= 0.3 is 5.97 Å². The smallest absolute Gasteiger partial charge is 0.347 e. The monoisotopic (exact) mass is 416 g/mol. The number of rotatable bonds is 5. The molecule has 0 atom stereocenters. The van der Waals surface area contributed by atoms with Gasteiger partial charge in [-0.2, -0.15) is 0 Å². The molecular formula is C25H20O6. The third-order valence-electron chi connectivity index (χ3n) is 4.89. The molecule has 0 saturated carbocycles. The lowest BCUT2D eigenvalue weighted by atomic mass is 10.0. The van der Waals surface area contributed by atoms with Gasteiger partial charge in [0.1, 0.15) is 28.6 Å². The number of ketones is 1. The SMILES string of the molecule is COc1ccc(/C=C2\Oc3cc(OC(=O)c4ccccc4OC)cc(C)c3C2=O)cc1. The molecule has 3 aromatic rings. The number of benzene rings is 3. The lowest BCUT2D eigenvalue weighted by molar-refractivity contribution is 0.0731. The zero-order chi connectivity index (χ0) is 22.0. The summed E-state index contributed by atoms with van der Waals surface area (Å²) in [5.74, 6) is 1.21. The molecule has 0 unspecified atom stereocenters. The Bertz CT molecular complexity index is 1190. The average molecular weight is 416 g/mol. The number of aryl methyl sites for hydroxylation is 1. The molecule has 4 rings (SSSR count). The van der Waals surface area contributed by atoms with Gasteiger partial charge < -0.3 is 18.9 Å². The number of para-hydroxylation sites is 1. The third kappa shape index (κ3) is 4.00. The van der Waals surface area contributed by atoms with Gasteiger partial charge in [0.25, 0.3) is 0 Å². The minimum Gasteiger partial charge on any atom is -0.497 e. The highest BCUT2D eigenvalue weighted by atomic mass is 16.5. The molecule has 0 N–H and O–H groups in total. The van der Waals surface area contributed by atoms with Crippen LogP contribution >= 0.6 is 0 Å². The van der Waals surface area contributed by atoms with E-state index in [0.29, 0.717) is 28.2 Å². The van der Waals surface area contributed by atoms with Crippen molar-refractivity contribution in [1.29, 1.82) is 0 Å². The second-order valence-electron chi connectivity index (χ2n) is 6.92. The maximum Gasteiger partial charge on any atom is 0.347 e. The number of hydrogen-bond acceptors (Lipinski definition) is 6. The molecule has 156 valence electrons. The standard InChI is InChI=1S/C25H20O6/c1-15-12-18(30-25(27)19-6-4-5-7-20(19)29-3)14-21-23(15)24(26)22(31-21)13-16-8-10-17(28-2)11-9-16/h4-14H,1-3H3/b22-13-. The summed E-state index contributed by atoms with van der Waals surface area (Å²) in [5, 5.41) is 0. The number of allylic oxidation sites excluding steroid dienone is 1. The highest BCUT2D eigenvalue weighted by molar-refractivity contribution is 6.15. The van der Waals surface area contributed by atoms with Crippen molar-refractivity contribution in [3.8, 4) is 23.0 Å². The first-order chi connectivity index (χ1) is 15.0. The average Bonchev–Trinajstić information content (AvgIpc) is 3.09.